The maximum atomic E-state index is 12.5. The van der Waals surface area contributed by atoms with E-state index in [2.05, 4.69) is 0 Å². The molecule has 0 fully saturated rings. The molecule has 0 atom stereocenters. The maximum Gasteiger partial charge on any atom is 0.123 e. The van der Waals surface area contributed by atoms with Gasteiger partial charge in [-0.15, -0.1) is 0 Å². The predicted molar refractivity (Wildman–Crippen MR) is 53.0 cm³/mol. The van der Waals surface area contributed by atoms with Gasteiger partial charge in [0.15, 0.2) is 0 Å². The first kappa shape index (κ1) is 10.9. The molecule has 0 aromatic heterocycles. The number of aryl methyl sites for hydroxylation is 1. The van der Waals surface area contributed by atoms with Crippen molar-refractivity contribution in [2.45, 2.75) is 12.8 Å². The van der Waals surface area contributed by atoms with E-state index in [1.165, 1.54) is 12.1 Å². The molecule has 1 nitrogen and oxygen atoms in total. The topological polar surface area (TPSA) is 26.0 Å². The van der Waals surface area contributed by atoms with Gasteiger partial charge in [0.2, 0.25) is 0 Å². The SMILES string of the molecule is NC/C(=C/[18F])CCc1ccc(F)cc1. The molecule has 1 aromatic carbocycles. The zero-order valence-corrected chi connectivity index (χ0v) is 7.84. The van der Waals surface area contributed by atoms with Crippen molar-refractivity contribution in [1.29, 1.82) is 0 Å². The Labute approximate surface area is 82.2 Å². The Hall–Kier alpha value is -1.22. The Morgan fingerprint density at radius 3 is 2.43 bits per heavy atom. The van der Waals surface area contributed by atoms with E-state index in [-0.39, 0.29) is 12.4 Å². The second-order valence-electron chi connectivity index (χ2n) is 3.10. The summed E-state index contributed by atoms with van der Waals surface area (Å²) in [4.78, 5) is 0. The molecule has 0 aliphatic carbocycles. The molecule has 1 aromatic rings. The fourth-order valence-corrected chi connectivity index (χ4v) is 1.16. The molecule has 0 aliphatic heterocycles. The minimum Gasteiger partial charge on any atom is -0.327 e. The Kier molecular flexibility index (Phi) is 4.26. The summed E-state index contributed by atoms with van der Waals surface area (Å²) in [6, 6.07) is 6.19. The van der Waals surface area contributed by atoms with Crippen LogP contribution in [0, 0.1) is 5.82 Å². The molecule has 0 unspecified atom stereocenters. The van der Waals surface area contributed by atoms with E-state index in [1.54, 1.807) is 12.1 Å². The molecule has 0 spiro atoms. The zero-order valence-electron chi connectivity index (χ0n) is 7.84. The summed E-state index contributed by atoms with van der Waals surface area (Å²) in [6.07, 6.45) is 1.81. The smallest absolute Gasteiger partial charge is 0.123 e. The average Bonchev–Trinajstić information content (AvgIpc) is 2.22. The molecule has 0 saturated carbocycles. The first-order chi connectivity index (χ1) is 6.76. The second-order valence-corrected chi connectivity index (χ2v) is 3.10. The Morgan fingerprint density at radius 1 is 1.29 bits per heavy atom. The first-order valence-corrected chi connectivity index (χ1v) is 4.49. The summed E-state index contributed by atoms with van der Waals surface area (Å²) in [6.45, 7) is 0.234. The van der Waals surface area contributed by atoms with Crippen LogP contribution < -0.4 is 5.73 Å². The van der Waals surface area contributed by atoms with Crippen LogP contribution in [-0.2, 0) is 6.42 Å². The van der Waals surface area contributed by atoms with Crippen LogP contribution in [0.2, 0.25) is 0 Å². The van der Waals surface area contributed by atoms with Crippen molar-refractivity contribution in [2.75, 3.05) is 6.54 Å². The van der Waals surface area contributed by atoms with Crippen LogP contribution >= 0.6 is 0 Å². The third-order valence-corrected chi connectivity index (χ3v) is 2.06. The summed E-state index contributed by atoms with van der Waals surface area (Å²) >= 11 is 0. The zero-order chi connectivity index (χ0) is 10.4. The van der Waals surface area contributed by atoms with Crippen LogP contribution in [0.1, 0.15) is 12.0 Å². The number of benzene rings is 1. The first-order valence-electron chi connectivity index (χ1n) is 4.49. The van der Waals surface area contributed by atoms with E-state index >= 15 is 0 Å². The lowest BCUT2D eigenvalue weighted by molar-refractivity contribution is 0.626. The van der Waals surface area contributed by atoms with Gasteiger partial charge in [0.05, 0.1) is 6.33 Å². The van der Waals surface area contributed by atoms with Crippen molar-refractivity contribution in [1.82, 2.24) is 0 Å². The van der Waals surface area contributed by atoms with E-state index in [0.717, 1.165) is 5.56 Å². The molecule has 0 aliphatic rings. The van der Waals surface area contributed by atoms with Crippen LogP contribution in [-0.4, -0.2) is 6.54 Å². The van der Waals surface area contributed by atoms with Gasteiger partial charge in [-0.05, 0) is 36.1 Å². The molecular weight excluding hydrogens is 183 g/mol. The minimum atomic E-state index is -0.256. The van der Waals surface area contributed by atoms with Gasteiger partial charge in [-0.3, -0.25) is 0 Å². The third kappa shape index (κ3) is 3.26. The highest BCUT2D eigenvalue weighted by atomic mass is 19.1. The van der Waals surface area contributed by atoms with Gasteiger partial charge in [0.25, 0.3) is 0 Å². The lowest BCUT2D eigenvalue weighted by Gasteiger charge is -2.02. The summed E-state index contributed by atoms with van der Waals surface area (Å²) in [5.74, 6) is -0.256. The molecule has 3 heteroatoms. The molecular formula is C11H13F2N. The highest BCUT2D eigenvalue weighted by molar-refractivity contribution is 5.17. The second kappa shape index (κ2) is 5.50. The monoisotopic (exact) mass is 196 g/mol. The van der Waals surface area contributed by atoms with Crippen LogP contribution in [0.3, 0.4) is 0 Å². The Bertz CT molecular complexity index is 304. The van der Waals surface area contributed by atoms with Gasteiger partial charge in [0, 0.05) is 6.54 Å². The molecule has 0 saturated heterocycles. The summed E-state index contributed by atoms with van der Waals surface area (Å²) in [7, 11) is 0. The van der Waals surface area contributed by atoms with Crippen molar-refractivity contribution in [2.24, 2.45) is 5.73 Å². The highest BCUT2D eigenvalue weighted by Gasteiger charge is 1.97. The summed E-state index contributed by atoms with van der Waals surface area (Å²) in [5, 5.41) is 0. The van der Waals surface area contributed by atoms with Gasteiger partial charge in [-0.2, -0.15) is 0 Å². The van der Waals surface area contributed by atoms with Gasteiger partial charge in [-0.1, -0.05) is 12.1 Å². The van der Waals surface area contributed by atoms with E-state index in [0.29, 0.717) is 24.7 Å². The van der Waals surface area contributed by atoms with E-state index in [9.17, 15) is 8.78 Å². The lowest BCUT2D eigenvalue weighted by atomic mass is 10.1. The van der Waals surface area contributed by atoms with Crippen molar-refractivity contribution in [3.8, 4) is 0 Å². The molecule has 0 bridgehead atoms. The molecule has 0 heterocycles. The Balaban J connectivity index is 2.49. The minimum absolute atomic E-state index is 0.234. The number of hydrogen-bond acceptors (Lipinski definition) is 1. The van der Waals surface area contributed by atoms with Crippen molar-refractivity contribution < 1.29 is 8.78 Å². The molecule has 1 rings (SSSR count). The van der Waals surface area contributed by atoms with Gasteiger partial charge in [-0.25, -0.2) is 8.78 Å². The molecule has 0 amide bonds. The van der Waals surface area contributed by atoms with E-state index in [1.807, 2.05) is 0 Å². The van der Waals surface area contributed by atoms with Crippen molar-refractivity contribution in [3.05, 3.63) is 47.5 Å². The number of hydrogen-bond donors (Lipinski definition) is 1. The third-order valence-electron chi connectivity index (χ3n) is 2.06. The highest BCUT2D eigenvalue weighted by Crippen LogP contribution is 2.09. The van der Waals surface area contributed by atoms with Gasteiger partial charge < -0.3 is 5.73 Å². The van der Waals surface area contributed by atoms with Gasteiger partial charge >= 0.3 is 0 Å². The van der Waals surface area contributed by atoms with Crippen molar-refractivity contribution in [3.63, 3.8) is 0 Å². The average molecular weight is 196 g/mol. The summed E-state index contributed by atoms with van der Waals surface area (Å²) in [5.41, 5.74) is 6.87. The molecule has 76 valence electrons. The fourth-order valence-electron chi connectivity index (χ4n) is 1.16. The van der Waals surface area contributed by atoms with E-state index < -0.39 is 0 Å². The van der Waals surface area contributed by atoms with Crippen molar-refractivity contribution >= 4 is 0 Å². The van der Waals surface area contributed by atoms with Gasteiger partial charge in [0.1, 0.15) is 5.82 Å². The number of nitrogens with two attached hydrogens (primary N) is 1. The van der Waals surface area contributed by atoms with E-state index in [4.69, 9.17) is 5.73 Å². The van der Waals surface area contributed by atoms with Crippen LogP contribution in [0.15, 0.2) is 36.2 Å². The molecule has 0 radical (unpaired) electrons. The normalized spacial score (nSPS) is 11.8. The van der Waals surface area contributed by atoms with Crippen LogP contribution in [0.25, 0.3) is 0 Å². The fraction of sp³-hybridized carbons (Fsp3) is 0.273. The van der Waals surface area contributed by atoms with Crippen LogP contribution in [0.4, 0.5) is 8.78 Å². The number of halogens is 2. The standard InChI is InChI=1S/C11H13F2N/c12-7-10(8-14)2-1-9-3-5-11(13)6-4-9/h3-7H,1-2,8,14H2/b10-7+/i12-1. The Morgan fingerprint density at radius 2 is 1.93 bits per heavy atom. The maximum absolute atomic E-state index is 12.5. The number of rotatable bonds is 4. The van der Waals surface area contributed by atoms with Crippen LogP contribution in [0.5, 0.6) is 0 Å². The quantitative estimate of drug-likeness (QED) is 0.786. The summed E-state index contributed by atoms with van der Waals surface area (Å²) < 4.78 is 24.6. The largest absolute Gasteiger partial charge is 0.327 e. The predicted octanol–water partition coefficient (Wildman–Crippen LogP) is 2.57. The molecule has 14 heavy (non-hydrogen) atoms. The lowest BCUT2D eigenvalue weighted by Crippen LogP contribution is -2.03. The molecule has 2 N–H and O–H groups in total.